The molecule has 0 unspecified atom stereocenters. The van der Waals surface area contributed by atoms with E-state index in [4.69, 9.17) is 0 Å². The van der Waals surface area contributed by atoms with E-state index < -0.39 is 53.3 Å². The fraction of sp³-hybridized carbons (Fsp3) is 0. The van der Waals surface area contributed by atoms with Crippen LogP contribution in [0.3, 0.4) is 0 Å². The number of hydrogen-bond donors (Lipinski definition) is 4. The van der Waals surface area contributed by atoms with Gasteiger partial charge in [0.1, 0.15) is 31.7 Å². The molecule has 0 aliphatic rings. The third kappa shape index (κ3) is 12.1. The molecule has 58 heavy (non-hydrogen) atoms. The van der Waals surface area contributed by atoms with Gasteiger partial charge in [0.25, 0.3) is 11.8 Å². The van der Waals surface area contributed by atoms with Crippen molar-refractivity contribution in [1.82, 2.24) is 0 Å². The standard InChI is InChI=1S/C32H22N2O16S4.4Na/c35-27-12-18(52-50-48-40)8-15-7-17(51-49-47-39)11-25(29(15)27)33-31(37)23-5-6-24(22-4-2-1-3-21(22)23)32(38)34-26-13-19(53(41,42)43)9-16-10-20(54(44,45)46)14-28(36)30(16)26;;;;/h1-14,35-36,39-40H,(H,33,37)(H,34,38)(H,41,42,43)(H,44,45,46);;;;/q;4*+1/p-4. The van der Waals surface area contributed by atoms with Gasteiger partial charge in [-0.25, -0.2) is 16.8 Å². The van der Waals surface area contributed by atoms with Crippen molar-refractivity contribution in [3.05, 3.63) is 96.1 Å². The molecule has 0 saturated carbocycles. The molecule has 26 heteroatoms. The molecule has 0 atom stereocenters. The fourth-order valence-corrected chi connectivity index (χ4v) is 7.59. The first-order chi connectivity index (χ1) is 25.6. The smallest absolute Gasteiger partial charge is 0.744 e. The molecule has 0 fully saturated rings. The minimum atomic E-state index is -5.21. The number of rotatable bonds is 12. The number of amides is 2. The summed E-state index contributed by atoms with van der Waals surface area (Å²) in [5.74, 6) is -2.83. The number of fused-ring (bicyclic) bond motifs is 3. The Hall–Kier alpha value is -1.08. The van der Waals surface area contributed by atoms with Crippen LogP contribution in [0.25, 0.3) is 32.3 Å². The second-order valence-electron chi connectivity index (χ2n) is 11.0. The summed E-state index contributed by atoms with van der Waals surface area (Å²) in [6.45, 7) is 0. The Labute approximate surface area is 425 Å². The number of phenolic OH excluding ortho intramolecular Hbond substituents is 2. The van der Waals surface area contributed by atoms with Crippen LogP contribution in [0.4, 0.5) is 11.4 Å². The zero-order valence-corrected chi connectivity index (χ0v) is 41.6. The van der Waals surface area contributed by atoms with Crippen LogP contribution in [-0.4, -0.2) is 48.0 Å². The maximum Gasteiger partial charge on any atom is 1.00 e. The molecule has 280 valence electrons. The normalized spacial score (nSPS) is 11.2. The summed E-state index contributed by atoms with van der Waals surface area (Å²) in [5, 5.41) is 54.4. The van der Waals surface area contributed by atoms with Crippen molar-refractivity contribution < 1.29 is 193 Å². The Morgan fingerprint density at radius 2 is 0.966 bits per heavy atom. The number of anilines is 2. The van der Waals surface area contributed by atoms with Gasteiger partial charge in [-0.2, -0.15) is 8.67 Å². The Morgan fingerprint density at radius 1 is 0.569 bits per heavy atom. The van der Waals surface area contributed by atoms with E-state index in [1.165, 1.54) is 48.5 Å². The zero-order valence-electron chi connectivity index (χ0n) is 30.3. The number of carbonyl (C=O) groups excluding carboxylic acids is 2. The second kappa shape index (κ2) is 22.3. The van der Waals surface area contributed by atoms with Crippen molar-refractivity contribution in [2.75, 3.05) is 10.6 Å². The first-order valence-electron chi connectivity index (χ1n) is 14.5. The van der Waals surface area contributed by atoms with Crippen LogP contribution >= 0.6 is 24.1 Å². The van der Waals surface area contributed by atoms with Crippen LogP contribution in [0.1, 0.15) is 20.7 Å². The minimum absolute atomic E-state index is 0. The first kappa shape index (κ1) is 53.1. The van der Waals surface area contributed by atoms with Crippen molar-refractivity contribution in [2.45, 2.75) is 19.6 Å². The van der Waals surface area contributed by atoms with Crippen molar-refractivity contribution >= 4 is 99.8 Å². The average molecular weight is 907 g/mol. The van der Waals surface area contributed by atoms with Crippen molar-refractivity contribution in [2.24, 2.45) is 0 Å². The Kier molecular flexibility index (Phi) is 20.4. The van der Waals surface area contributed by atoms with Gasteiger partial charge in [-0.3, -0.25) is 19.7 Å². The van der Waals surface area contributed by atoms with Crippen molar-refractivity contribution in [3.63, 3.8) is 0 Å². The van der Waals surface area contributed by atoms with E-state index in [9.17, 15) is 56.3 Å². The molecule has 0 aliphatic heterocycles. The SMILES string of the molecule is O=C(Nc1cc(SOO[O-])cc2cc(SOO[O-])cc(O)c12)c1ccc(C(=O)Nc2cc(S(=O)(=O)[O-])cc3cc(S(=O)(=O)[O-])cc(O)c23)c2ccccc12.[Na+].[Na+].[Na+].[Na+]. The summed E-state index contributed by atoms with van der Waals surface area (Å²) in [4.78, 5) is 26.2. The molecule has 18 nitrogen and oxygen atoms in total. The van der Waals surface area contributed by atoms with E-state index in [1.807, 2.05) is 0 Å². The monoisotopic (exact) mass is 906 g/mol. The summed E-state index contributed by atoms with van der Waals surface area (Å²) in [5.41, 5.74) is -0.443. The Morgan fingerprint density at radius 3 is 1.41 bits per heavy atom. The van der Waals surface area contributed by atoms with Crippen LogP contribution in [0.5, 0.6) is 11.5 Å². The van der Waals surface area contributed by atoms with Gasteiger partial charge in [-0.05, 0) is 82.2 Å². The molecule has 0 aliphatic carbocycles. The zero-order chi connectivity index (χ0) is 38.9. The quantitative estimate of drug-likeness (QED) is 0.0292. The maximum atomic E-state index is 13.8. The number of carbonyl (C=O) groups is 2. The van der Waals surface area contributed by atoms with Crippen LogP contribution in [0, 0.1) is 0 Å². The molecule has 4 N–H and O–H groups in total. The van der Waals surface area contributed by atoms with Crippen LogP contribution < -0.4 is 139 Å². The maximum absolute atomic E-state index is 13.8. The van der Waals surface area contributed by atoms with Gasteiger partial charge in [-0.1, -0.05) is 24.3 Å². The fourth-order valence-electron chi connectivity index (χ4n) is 5.64. The summed E-state index contributed by atoms with van der Waals surface area (Å²) in [6.07, 6.45) is 0. The van der Waals surface area contributed by atoms with E-state index in [-0.39, 0.29) is 183 Å². The molecule has 0 bridgehead atoms. The molecule has 6 rings (SSSR count). The molecule has 6 aromatic rings. The average Bonchev–Trinajstić information content (AvgIpc) is 3.11. The number of phenols is 2. The molecular weight excluding hydrogens is 889 g/mol. The number of hydrogen-bond acceptors (Lipinski definition) is 18. The number of nitrogens with one attached hydrogen (secondary N) is 2. The summed E-state index contributed by atoms with van der Waals surface area (Å²) in [6, 6.07) is 17.0. The largest absolute Gasteiger partial charge is 1.00 e. The van der Waals surface area contributed by atoms with Crippen LogP contribution in [-0.2, 0) is 39.0 Å². The Bertz CT molecular complexity index is 2740. The molecule has 0 radical (unpaired) electrons. The second-order valence-corrected chi connectivity index (χ2v) is 15.3. The van der Waals surface area contributed by atoms with Gasteiger partial charge in [0.2, 0.25) is 0 Å². The molecular formula is C32H18N2Na4O16S4. The molecule has 0 aromatic heterocycles. The van der Waals surface area contributed by atoms with Crippen LogP contribution in [0.15, 0.2) is 105 Å². The molecule has 2 amide bonds. The van der Waals surface area contributed by atoms with Gasteiger partial charge in [-0.15, -0.1) is 0 Å². The van der Waals surface area contributed by atoms with E-state index in [2.05, 4.69) is 29.4 Å². The van der Waals surface area contributed by atoms with Crippen LogP contribution in [0.2, 0.25) is 0 Å². The summed E-state index contributed by atoms with van der Waals surface area (Å²) >= 11 is 0.969. The van der Waals surface area contributed by atoms with Gasteiger partial charge in [0.15, 0.2) is 0 Å². The molecule has 0 spiro atoms. The third-order valence-electron chi connectivity index (χ3n) is 7.75. The number of aromatic hydroxyl groups is 2. The van der Waals surface area contributed by atoms with E-state index in [1.54, 1.807) is 12.1 Å². The van der Waals surface area contributed by atoms with E-state index >= 15 is 0 Å². The minimum Gasteiger partial charge on any atom is -0.744 e. The van der Waals surface area contributed by atoms with E-state index in [0.29, 0.717) is 30.2 Å². The Balaban J connectivity index is 0.00000290. The van der Waals surface area contributed by atoms with E-state index in [0.717, 1.165) is 18.2 Å². The number of benzene rings is 6. The van der Waals surface area contributed by atoms with Crippen molar-refractivity contribution in [3.8, 4) is 11.5 Å². The molecule has 6 aromatic carbocycles. The molecule has 0 saturated heterocycles. The van der Waals surface area contributed by atoms with Gasteiger partial charge in [0, 0.05) is 31.7 Å². The topological polar surface area (TPSA) is 296 Å². The predicted molar refractivity (Wildman–Crippen MR) is 183 cm³/mol. The summed E-state index contributed by atoms with van der Waals surface area (Å²) < 4.78 is 79.5. The summed E-state index contributed by atoms with van der Waals surface area (Å²) in [7, 11) is -10.3. The first-order valence-corrected chi connectivity index (χ1v) is 18.8. The van der Waals surface area contributed by atoms with Gasteiger partial charge in [0.05, 0.1) is 45.3 Å². The van der Waals surface area contributed by atoms with Crippen molar-refractivity contribution in [1.29, 1.82) is 0 Å². The molecule has 0 heterocycles. The third-order valence-corrected chi connectivity index (χ3v) is 10.5. The predicted octanol–water partition coefficient (Wildman–Crippen LogP) is -8.65. The van der Waals surface area contributed by atoms with Gasteiger partial charge < -0.3 is 40.5 Å². The van der Waals surface area contributed by atoms with Gasteiger partial charge >= 0.3 is 118 Å².